The topological polar surface area (TPSA) is 81.9 Å². The Morgan fingerprint density at radius 2 is 1.86 bits per heavy atom. The zero-order valence-corrected chi connectivity index (χ0v) is 13.8. The van der Waals surface area contributed by atoms with Crippen molar-refractivity contribution in [1.29, 1.82) is 0 Å². The summed E-state index contributed by atoms with van der Waals surface area (Å²) in [6.07, 6.45) is 0.583. The Balaban J connectivity index is 3.04. The Kier molecular flexibility index (Phi) is 7.41. The molecule has 0 aliphatic rings. The summed E-state index contributed by atoms with van der Waals surface area (Å²) in [5, 5.41) is 0.151. The van der Waals surface area contributed by atoms with Gasteiger partial charge in [-0.3, -0.25) is 0 Å². The van der Waals surface area contributed by atoms with E-state index in [1.54, 1.807) is 13.2 Å². The number of methoxy groups -OCH3 is 2. The standard InChI is InChI=1S/C13H21ClN2O4S/c1-19-8-3-6-16(7-9-20-2)21(17,18)13-10-11(15)4-5-12(13)14/h4-5,10H,3,6-9,15H2,1-2H3. The molecule has 120 valence electrons. The lowest BCUT2D eigenvalue weighted by atomic mass is 10.3. The monoisotopic (exact) mass is 336 g/mol. The minimum absolute atomic E-state index is 0.0117. The van der Waals surface area contributed by atoms with Crippen molar-refractivity contribution in [2.24, 2.45) is 0 Å². The summed E-state index contributed by atoms with van der Waals surface area (Å²) in [4.78, 5) is 0.0117. The Hall–Kier alpha value is -0.860. The molecule has 2 N–H and O–H groups in total. The van der Waals surface area contributed by atoms with Crippen LogP contribution in [0.4, 0.5) is 5.69 Å². The van der Waals surface area contributed by atoms with Crippen LogP contribution < -0.4 is 5.73 Å². The number of nitrogen functional groups attached to an aromatic ring is 1. The van der Waals surface area contributed by atoms with E-state index in [9.17, 15) is 8.42 Å². The van der Waals surface area contributed by atoms with Crippen molar-refractivity contribution < 1.29 is 17.9 Å². The number of hydrogen-bond donors (Lipinski definition) is 1. The van der Waals surface area contributed by atoms with Crippen LogP contribution in [0.1, 0.15) is 6.42 Å². The lowest BCUT2D eigenvalue weighted by Crippen LogP contribution is -2.35. The number of nitrogens with two attached hydrogens (primary N) is 1. The predicted octanol–water partition coefficient (Wildman–Crippen LogP) is 1.60. The van der Waals surface area contributed by atoms with Gasteiger partial charge in [-0.15, -0.1) is 0 Å². The van der Waals surface area contributed by atoms with E-state index >= 15 is 0 Å². The zero-order chi connectivity index (χ0) is 15.9. The second-order valence-corrected chi connectivity index (χ2v) is 6.75. The molecule has 21 heavy (non-hydrogen) atoms. The highest BCUT2D eigenvalue weighted by Crippen LogP contribution is 2.26. The van der Waals surface area contributed by atoms with Gasteiger partial charge >= 0.3 is 0 Å². The Bertz CT molecular complexity index is 551. The van der Waals surface area contributed by atoms with E-state index in [0.717, 1.165) is 0 Å². The summed E-state index contributed by atoms with van der Waals surface area (Å²) in [6, 6.07) is 4.41. The molecular weight excluding hydrogens is 316 g/mol. The summed E-state index contributed by atoms with van der Waals surface area (Å²) >= 11 is 6.00. The average Bonchev–Trinajstić information content (AvgIpc) is 2.45. The maximum Gasteiger partial charge on any atom is 0.244 e. The van der Waals surface area contributed by atoms with E-state index < -0.39 is 10.0 Å². The van der Waals surface area contributed by atoms with E-state index in [1.807, 2.05) is 0 Å². The molecule has 0 saturated carbocycles. The molecule has 0 spiro atoms. The molecule has 0 heterocycles. The first-order valence-corrected chi connectivity index (χ1v) is 8.28. The molecule has 0 fully saturated rings. The van der Waals surface area contributed by atoms with Crippen molar-refractivity contribution in [1.82, 2.24) is 4.31 Å². The second-order valence-electron chi connectivity index (χ2n) is 4.43. The van der Waals surface area contributed by atoms with Gasteiger partial charge in [0.1, 0.15) is 4.90 Å². The summed E-state index contributed by atoms with van der Waals surface area (Å²) in [7, 11) is -0.628. The molecule has 6 nitrogen and oxygen atoms in total. The zero-order valence-electron chi connectivity index (χ0n) is 12.2. The number of benzene rings is 1. The van der Waals surface area contributed by atoms with Crippen molar-refractivity contribution in [3.63, 3.8) is 0 Å². The smallest absolute Gasteiger partial charge is 0.244 e. The molecule has 0 saturated heterocycles. The largest absolute Gasteiger partial charge is 0.399 e. The minimum Gasteiger partial charge on any atom is -0.399 e. The fourth-order valence-corrected chi connectivity index (χ4v) is 3.76. The molecule has 1 aromatic rings. The van der Waals surface area contributed by atoms with E-state index in [1.165, 1.54) is 23.5 Å². The fraction of sp³-hybridized carbons (Fsp3) is 0.538. The highest BCUT2D eigenvalue weighted by Gasteiger charge is 2.26. The number of nitrogens with zero attached hydrogens (tertiary/aromatic N) is 1. The predicted molar refractivity (Wildman–Crippen MR) is 83.0 cm³/mol. The molecule has 1 aromatic carbocycles. The maximum atomic E-state index is 12.7. The van der Waals surface area contributed by atoms with Gasteiger partial charge in [-0.25, -0.2) is 8.42 Å². The van der Waals surface area contributed by atoms with Gasteiger partial charge < -0.3 is 15.2 Å². The maximum absolute atomic E-state index is 12.7. The molecule has 0 aromatic heterocycles. The molecule has 0 aliphatic carbocycles. The fourth-order valence-electron chi connectivity index (χ4n) is 1.79. The van der Waals surface area contributed by atoms with Crippen LogP contribution in [0.3, 0.4) is 0 Å². The van der Waals surface area contributed by atoms with E-state index in [2.05, 4.69) is 0 Å². The number of anilines is 1. The highest BCUT2D eigenvalue weighted by molar-refractivity contribution is 7.89. The highest BCUT2D eigenvalue weighted by atomic mass is 35.5. The van der Waals surface area contributed by atoms with Gasteiger partial charge in [0.05, 0.1) is 11.6 Å². The van der Waals surface area contributed by atoms with E-state index in [-0.39, 0.29) is 16.5 Å². The average molecular weight is 337 g/mol. The van der Waals surface area contributed by atoms with Crippen LogP contribution >= 0.6 is 11.6 Å². The van der Waals surface area contributed by atoms with Crippen LogP contribution in [0.2, 0.25) is 5.02 Å². The van der Waals surface area contributed by atoms with Gasteiger partial charge in [0.2, 0.25) is 10.0 Å². The van der Waals surface area contributed by atoms with Crippen molar-refractivity contribution in [2.75, 3.05) is 46.3 Å². The molecule has 0 aliphatic heterocycles. The third kappa shape index (κ3) is 5.12. The Morgan fingerprint density at radius 3 is 2.48 bits per heavy atom. The van der Waals surface area contributed by atoms with Crippen molar-refractivity contribution in [3.05, 3.63) is 23.2 Å². The summed E-state index contributed by atoms with van der Waals surface area (Å²) in [5.41, 5.74) is 6.01. The minimum atomic E-state index is -3.72. The van der Waals surface area contributed by atoms with Gasteiger partial charge in [0.25, 0.3) is 0 Å². The molecule has 0 radical (unpaired) electrons. The normalized spacial score (nSPS) is 12.0. The summed E-state index contributed by atoms with van der Waals surface area (Å²) < 4.78 is 36.6. The van der Waals surface area contributed by atoms with Gasteiger partial charge in [-0.1, -0.05) is 11.6 Å². The van der Waals surface area contributed by atoms with Gasteiger partial charge in [0, 0.05) is 39.6 Å². The van der Waals surface area contributed by atoms with Crippen molar-refractivity contribution in [2.45, 2.75) is 11.3 Å². The molecule has 0 amide bonds. The SMILES string of the molecule is COCCCN(CCOC)S(=O)(=O)c1cc(N)ccc1Cl. The van der Waals surface area contributed by atoms with Gasteiger partial charge in [0.15, 0.2) is 0 Å². The van der Waals surface area contributed by atoms with E-state index in [0.29, 0.717) is 31.9 Å². The lowest BCUT2D eigenvalue weighted by molar-refractivity contribution is 0.164. The van der Waals surface area contributed by atoms with Crippen molar-refractivity contribution >= 4 is 27.3 Å². The number of hydrogen-bond acceptors (Lipinski definition) is 5. The van der Waals surface area contributed by atoms with Crippen molar-refractivity contribution in [3.8, 4) is 0 Å². The van der Waals surface area contributed by atoms with Crippen LogP contribution in [0.15, 0.2) is 23.1 Å². The van der Waals surface area contributed by atoms with Gasteiger partial charge in [-0.2, -0.15) is 4.31 Å². The molecule has 0 atom stereocenters. The number of ether oxygens (including phenoxy) is 2. The van der Waals surface area contributed by atoms with Crippen LogP contribution in [-0.4, -0.2) is 53.2 Å². The summed E-state index contributed by atoms with van der Waals surface area (Å²) in [5.74, 6) is 0. The molecule has 0 bridgehead atoms. The Labute approximate surface area is 130 Å². The third-order valence-corrected chi connectivity index (χ3v) is 5.25. The number of sulfonamides is 1. The molecule has 0 unspecified atom stereocenters. The van der Waals surface area contributed by atoms with Gasteiger partial charge in [-0.05, 0) is 24.6 Å². The lowest BCUT2D eigenvalue weighted by Gasteiger charge is -2.22. The third-order valence-electron chi connectivity index (χ3n) is 2.87. The molecular formula is C13H21ClN2O4S. The summed E-state index contributed by atoms with van der Waals surface area (Å²) in [6.45, 7) is 1.34. The quantitative estimate of drug-likeness (QED) is 0.547. The number of rotatable bonds is 9. The second kappa shape index (κ2) is 8.55. The van der Waals surface area contributed by atoms with Crippen LogP contribution in [0.25, 0.3) is 0 Å². The van der Waals surface area contributed by atoms with Crippen LogP contribution in [0.5, 0.6) is 0 Å². The number of halogens is 1. The van der Waals surface area contributed by atoms with Crippen LogP contribution in [-0.2, 0) is 19.5 Å². The first-order valence-electron chi connectivity index (χ1n) is 6.46. The first kappa shape index (κ1) is 18.2. The van der Waals surface area contributed by atoms with E-state index in [4.69, 9.17) is 26.8 Å². The Morgan fingerprint density at radius 1 is 1.19 bits per heavy atom. The molecule has 1 rings (SSSR count). The van der Waals surface area contributed by atoms with Crippen LogP contribution in [0, 0.1) is 0 Å². The molecule has 8 heteroatoms. The first-order chi connectivity index (χ1) is 9.93.